The van der Waals surface area contributed by atoms with Gasteiger partial charge in [-0.2, -0.15) is 34.4 Å². The van der Waals surface area contributed by atoms with Crippen molar-refractivity contribution >= 4 is 20.2 Å². The fraction of sp³-hybridized carbons (Fsp3) is 1.00. The van der Waals surface area contributed by atoms with Crippen LogP contribution < -0.4 is 0 Å². The highest BCUT2D eigenvalue weighted by Crippen LogP contribution is 2.37. The SMILES string of the molecule is O=S(=O)(O)C(F)(F)C(O)C(F)(F)S(=O)(=O)O. The van der Waals surface area contributed by atoms with Crippen molar-refractivity contribution in [2.75, 3.05) is 0 Å². The van der Waals surface area contributed by atoms with Gasteiger partial charge in [0.15, 0.2) is 0 Å². The van der Waals surface area contributed by atoms with Gasteiger partial charge in [-0.1, -0.05) is 0 Å². The molecule has 0 unspecified atom stereocenters. The van der Waals surface area contributed by atoms with E-state index in [0.717, 1.165) is 0 Å². The molecule has 0 bridgehead atoms. The van der Waals surface area contributed by atoms with Crippen molar-refractivity contribution in [1.29, 1.82) is 0 Å². The Morgan fingerprint density at radius 1 is 0.812 bits per heavy atom. The minimum absolute atomic E-state index is 4.66. The smallest absolute Gasteiger partial charge is 0.379 e. The van der Waals surface area contributed by atoms with Gasteiger partial charge in [-0.05, 0) is 0 Å². The van der Waals surface area contributed by atoms with Gasteiger partial charge < -0.3 is 5.11 Å². The van der Waals surface area contributed by atoms with Crippen molar-refractivity contribution in [3.63, 3.8) is 0 Å². The number of alkyl halides is 4. The standard InChI is InChI=1S/C3H4F4O7S2/c4-2(5,15(9,10)11)1(8)3(6,7)16(12,13)14/h1,8H,(H,9,10,11)(H,12,13,14). The summed E-state index contributed by atoms with van der Waals surface area (Å²) < 4.78 is 105. The van der Waals surface area contributed by atoms with Crippen LogP contribution in [0, 0.1) is 0 Å². The van der Waals surface area contributed by atoms with Gasteiger partial charge in [-0.25, -0.2) is 0 Å². The third-order valence-electron chi connectivity index (χ3n) is 1.32. The van der Waals surface area contributed by atoms with Gasteiger partial charge in [0.25, 0.3) is 0 Å². The quantitative estimate of drug-likeness (QED) is 0.462. The van der Waals surface area contributed by atoms with Crippen LogP contribution in [-0.4, -0.2) is 47.7 Å². The maximum Gasteiger partial charge on any atom is 0.402 e. The molecule has 0 aromatic rings. The summed E-state index contributed by atoms with van der Waals surface area (Å²) in [5.41, 5.74) is 0. The largest absolute Gasteiger partial charge is 0.402 e. The van der Waals surface area contributed by atoms with E-state index in [9.17, 15) is 34.4 Å². The summed E-state index contributed by atoms with van der Waals surface area (Å²) >= 11 is 0. The number of aliphatic hydroxyl groups is 1. The van der Waals surface area contributed by atoms with Gasteiger partial charge >= 0.3 is 30.7 Å². The lowest BCUT2D eigenvalue weighted by Crippen LogP contribution is -2.54. The zero-order chi connectivity index (χ0) is 13.6. The summed E-state index contributed by atoms with van der Waals surface area (Å²) in [5.74, 6) is 0. The maximum absolute atomic E-state index is 12.4. The first kappa shape index (κ1) is 15.5. The van der Waals surface area contributed by atoms with E-state index in [1.54, 1.807) is 0 Å². The summed E-state index contributed by atoms with van der Waals surface area (Å²) in [6.07, 6.45) is -4.66. The number of hydrogen-bond acceptors (Lipinski definition) is 5. The highest BCUT2D eigenvalue weighted by molar-refractivity contribution is 7.88. The Morgan fingerprint density at radius 3 is 1.12 bits per heavy atom. The zero-order valence-corrected chi connectivity index (χ0v) is 8.51. The van der Waals surface area contributed by atoms with Crippen LogP contribution in [0.1, 0.15) is 0 Å². The highest BCUT2D eigenvalue weighted by atomic mass is 32.2. The molecule has 0 amide bonds. The predicted molar refractivity (Wildman–Crippen MR) is 39.0 cm³/mol. The Balaban J connectivity index is 5.66. The van der Waals surface area contributed by atoms with E-state index in [1.165, 1.54) is 0 Å². The molecule has 13 heteroatoms. The molecule has 7 nitrogen and oxygen atoms in total. The van der Waals surface area contributed by atoms with Crippen molar-refractivity contribution in [3.05, 3.63) is 0 Å². The molecule has 0 saturated carbocycles. The average molecular weight is 292 g/mol. The van der Waals surface area contributed by atoms with E-state index in [-0.39, 0.29) is 0 Å². The van der Waals surface area contributed by atoms with Crippen molar-refractivity contribution in [2.45, 2.75) is 16.6 Å². The second-order valence-corrected chi connectivity index (χ2v) is 5.47. The Labute approximate surface area is 86.2 Å². The second kappa shape index (κ2) is 3.76. The molecule has 3 N–H and O–H groups in total. The van der Waals surface area contributed by atoms with Crippen LogP contribution in [-0.2, 0) is 20.2 Å². The van der Waals surface area contributed by atoms with Crippen LogP contribution in [0.25, 0.3) is 0 Å². The van der Waals surface area contributed by atoms with Crippen LogP contribution in [0.5, 0.6) is 0 Å². The van der Waals surface area contributed by atoms with E-state index in [0.29, 0.717) is 0 Å². The highest BCUT2D eigenvalue weighted by Gasteiger charge is 2.67. The lowest BCUT2D eigenvalue weighted by molar-refractivity contribution is -0.141. The molecule has 98 valence electrons. The number of hydrogen-bond donors (Lipinski definition) is 3. The Morgan fingerprint density at radius 2 is 1.00 bits per heavy atom. The fourth-order valence-electron chi connectivity index (χ4n) is 0.478. The molecule has 0 aliphatic rings. The summed E-state index contributed by atoms with van der Waals surface area (Å²) in [6, 6.07) is 0. The van der Waals surface area contributed by atoms with E-state index < -0.39 is 36.8 Å². The Bertz CT molecular complexity index is 420. The van der Waals surface area contributed by atoms with Crippen molar-refractivity contribution in [3.8, 4) is 0 Å². The lowest BCUT2D eigenvalue weighted by atomic mass is 10.4. The molecule has 0 heterocycles. The molecule has 0 aromatic carbocycles. The number of halogens is 4. The van der Waals surface area contributed by atoms with Crippen LogP contribution in [0.4, 0.5) is 17.6 Å². The third kappa shape index (κ3) is 2.42. The number of rotatable bonds is 4. The second-order valence-electron chi connectivity index (χ2n) is 2.48. The molecular weight excluding hydrogens is 288 g/mol. The maximum atomic E-state index is 12.4. The lowest BCUT2D eigenvalue weighted by Gasteiger charge is -2.24. The summed E-state index contributed by atoms with van der Waals surface area (Å²) in [6.45, 7) is 0. The normalized spacial score (nSPS) is 15.5. The zero-order valence-electron chi connectivity index (χ0n) is 6.88. The van der Waals surface area contributed by atoms with E-state index >= 15 is 0 Å². The summed E-state index contributed by atoms with van der Waals surface area (Å²) in [4.78, 5) is 0. The van der Waals surface area contributed by atoms with Crippen LogP contribution in [0.2, 0.25) is 0 Å². The van der Waals surface area contributed by atoms with Crippen LogP contribution in [0.3, 0.4) is 0 Å². The molecule has 16 heavy (non-hydrogen) atoms. The summed E-state index contributed by atoms with van der Waals surface area (Å²) in [7, 11) is -13.0. The van der Waals surface area contributed by atoms with Gasteiger partial charge in [0.1, 0.15) is 0 Å². The fourth-order valence-corrected chi connectivity index (χ4v) is 1.41. The third-order valence-corrected chi connectivity index (χ3v) is 3.15. The summed E-state index contributed by atoms with van der Waals surface area (Å²) in [5, 5.41) is -3.54. The molecule has 0 rings (SSSR count). The molecule has 0 spiro atoms. The van der Waals surface area contributed by atoms with E-state index in [1.807, 2.05) is 0 Å². The van der Waals surface area contributed by atoms with Gasteiger partial charge in [0.05, 0.1) is 0 Å². The first-order chi connectivity index (χ1) is 6.65. The molecule has 0 aliphatic heterocycles. The molecule has 0 fully saturated rings. The average Bonchev–Trinajstić information content (AvgIpc) is 1.98. The molecule has 0 radical (unpaired) electrons. The van der Waals surface area contributed by atoms with Crippen molar-refractivity contribution in [1.82, 2.24) is 0 Å². The first-order valence-corrected chi connectivity index (χ1v) is 5.91. The Kier molecular flexibility index (Phi) is 3.65. The predicted octanol–water partition coefficient (Wildman–Crippen LogP) is -0.691. The molecular formula is C3H4F4O7S2. The minimum Gasteiger partial charge on any atom is -0.379 e. The minimum atomic E-state index is -6.48. The van der Waals surface area contributed by atoms with Gasteiger partial charge in [0, 0.05) is 0 Å². The molecule has 0 aromatic heterocycles. The topological polar surface area (TPSA) is 129 Å². The van der Waals surface area contributed by atoms with Crippen LogP contribution in [0.15, 0.2) is 0 Å². The monoisotopic (exact) mass is 292 g/mol. The number of aliphatic hydroxyl groups excluding tert-OH is 1. The Hall–Kier alpha value is -0.500. The van der Waals surface area contributed by atoms with Crippen molar-refractivity contribution in [2.24, 2.45) is 0 Å². The first-order valence-electron chi connectivity index (χ1n) is 3.03. The molecule has 0 aliphatic carbocycles. The molecule has 0 atom stereocenters. The van der Waals surface area contributed by atoms with Gasteiger partial charge in [-0.3, -0.25) is 9.11 Å². The van der Waals surface area contributed by atoms with Gasteiger partial charge in [-0.15, -0.1) is 0 Å². The van der Waals surface area contributed by atoms with E-state index in [4.69, 9.17) is 14.2 Å². The van der Waals surface area contributed by atoms with Crippen molar-refractivity contribution < 1.29 is 48.6 Å². The molecule has 0 saturated heterocycles. The van der Waals surface area contributed by atoms with E-state index in [2.05, 4.69) is 0 Å². The van der Waals surface area contributed by atoms with Crippen LogP contribution >= 0.6 is 0 Å². The van der Waals surface area contributed by atoms with Gasteiger partial charge in [0.2, 0.25) is 6.10 Å².